The molecule has 2 aliphatic carbocycles. The fraction of sp³-hybridized carbons (Fsp3) is 0.435. The number of nitrogens with one attached hydrogen (secondary N) is 2. The number of aromatic amines is 1. The number of H-pyrrole nitrogens is 1. The number of amidine groups is 1. The lowest BCUT2D eigenvalue weighted by molar-refractivity contribution is 0.0850. The SMILES string of the molecule is c1ccc2c(c1)CC(Nc1ncc(C3CC(N4C[C@@H]5C(c6cn[nH]n6)[C@@H]5C4)=NO3)cn1)C2. The summed E-state index contributed by atoms with van der Waals surface area (Å²) in [5.41, 5.74) is 4.89. The van der Waals surface area contributed by atoms with Crippen LogP contribution in [0.25, 0.3) is 0 Å². The molecule has 2 fully saturated rings. The average molecular weight is 429 g/mol. The standard InChI is InChI=1S/C23H24N8O/c1-2-4-14-6-16(5-13(14)3-1)27-23-24-8-15(9-25-23)20-7-21(29-32-20)31-11-17-18(12-31)22(17)19-10-26-30-28-19/h1-4,8-10,16-18,20,22H,5-7,11-12H2,(H,24,25,27)(H,26,28,30)/t17-,18+,20?,22?. The van der Waals surface area contributed by atoms with Crippen molar-refractivity contribution in [3.8, 4) is 0 Å². The first-order chi connectivity index (χ1) is 15.8. The van der Waals surface area contributed by atoms with Crippen LogP contribution >= 0.6 is 0 Å². The molecule has 7 rings (SSSR count). The van der Waals surface area contributed by atoms with Gasteiger partial charge >= 0.3 is 0 Å². The molecule has 0 radical (unpaired) electrons. The molecule has 2 unspecified atom stereocenters. The topological polar surface area (TPSA) is 104 Å². The Labute approximate surface area is 185 Å². The summed E-state index contributed by atoms with van der Waals surface area (Å²) < 4.78 is 0. The predicted molar refractivity (Wildman–Crippen MR) is 117 cm³/mol. The summed E-state index contributed by atoms with van der Waals surface area (Å²) in [6.07, 6.45) is 8.26. The van der Waals surface area contributed by atoms with Gasteiger partial charge < -0.3 is 15.1 Å². The Balaban J connectivity index is 0.938. The molecule has 2 aromatic heterocycles. The van der Waals surface area contributed by atoms with Gasteiger partial charge in [-0.15, -0.1) is 0 Å². The van der Waals surface area contributed by atoms with Crippen molar-refractivity contribution >= 4 is 11.8 Å². The first-order valence-corrected chi connectivity index (χ1v) is 11.3. The number of fused-ring (bicyclic) bond motifs is 2. The van der Waals surface area contributed by atoms with Gasteiger partial charge in [0.2, 0.25) is 5.95 Å². The Hall–Kier alpha value is -3.49. The Morgan fingerprint density at radius 3 is 2.41 bits per heavy atom. The summed E-state index contributed by atoms with van der Waals surface area (Å²) in [6.45, 7) is 2.03. The van der Waals surface area contributed by atoms with Gasteiger partial charge in [0.25, 0.3) is 0 Å². The molecule has 4 heterocycles. The van der Waals surface area contributed by atoms with Gasteiger partial charge in [0.1, 0.15) is 5.84 Å². The van der Waals surface area contributed by atoms with Crippen LogP contribution < -0.4 is 5.32 Å². The van der Waals surface area contributed by atoms with Gasteiger partial charge in [-0.1, -0.05) is 29.4 Å². The maximum atomic E-state index is 5.75. The lowest BCUT2D eigenvalue weighted by atomic mass is 10.1. The van der Waals surface area contributed by atoms with E-state index in [0.717, 1.165) is 49.4 Å². The van der Waals surface area contributed by atoms with Crippen LogP contribution in [0.15, 0.2) is 48.0 Å². The maximum Gasteiger partial charge on any atom is 0.222 e. The molecule has 1 saturated carbocycles. The molecule has 2 N–H and O–H groups in total. The molecule has 1 saturated heterocycles. The molecule has 4 aliphatic rings. The molecule has 2 aliphatic heterocycles. The minimum Gasteiger partial charge on any atom is -0.386 e. The fourth-order valence-corrected chi connectivity index (χ4v) is 5.70. The lowest BCUT2D eigenvalue weighted by Crippen LogP contribution is -2.30. The number of likely N-dealkylation sites (tertiary alicyclic amines) is 1. The quantitative estimate of drug-likeness (QED) is 0.657. The predicted octanol–water partition coefficient (Wildman–Crippen LogP) is 2.29. The van der Waals surface area contributed by atoms with Gasteiger partial charge in [0, 0.05) is 43.0 Å². The molecule has 162 valence electrons. The molecule has 32 heavy (non-hydrogen) atoms. The molecular formula is C23H24N8O. The van der Waals surface area contributed by atoms with Crippen LogP contribution in [-0.4, -0.2) is 55.2 Å². The average Bonchev–Trinajstić information content (AvgIpc) is 3.45. The van der Waals surface area contributed by atoms with E-state index in [2.05, 4.69) is 65.0 Å². The second-order valence-corrected chi connectivity index (χ2v) is 9.32. The summed E-state index contributed by atoms with van der Waals surface area (Å²) in [5.74, 6) is 3.55. The molecule has 3 aromatic rings. The molecule has 9 nitrogen and oxygen atoms in total. The zero-order valence-corrected chi connectivity index (χ0v) is 17.6. The van der Waals surface area contributed by atoms with Crippen molar-refractivity contribution in [1.82, 2.24) is 30.3 Å². The third kappa shape index (κ3) is 3.03. The molecule has 4 atom stereocenters. The van der Waals surface area contributed by atoms with E-state index in [0.29, 0.717) is 29.7 Å². The highest BCUT2D eigenvalue weighted by atomic mass is 16.6. The largest absolute Gasteiger partial charge is 0.386 e. The minimum atomic E-state index is -0.113. The van der Waals surface area contributed by atoms with Gasteiger partial charge in [-0.2, -0.15) is 15.4 Å². The molecule has 9 heteroatoms. The number of piperidine rings is 1. The summed E-state index contributed by atoms with van der Waals surface area (Å²) in [7, 11) is 0. The van der Waals surface area contributed by atoms with E-state index in [-0.39, 0.29) is 6.10 Å². The zero-order valence-electron chi connectivity index (χ0n) is 17.6. The number of nitrogens with zero attached hydrogens (tertiary/aromatic N) is 6. The van der Waals surface area contributed by atoms with E-state index >= 15 is 0 Å². The number of hydrogen-bond acceptors (Lipinski definition) is 8. The monoisotopic (exact) mass is 428 g/mol. The first kappa shape index (κ1) is 18.1. The highest BCUT2D eigenvalue weighted by Gasteiger charge is 2.58. The van der Waals surface area contributed by atoms with E-state index < -0.39 is 0 Å². The fourth-order valence-electron chi connectivity index (χ4n) is 5.70. The van der Waals surface area contributed by atoms with Crippen molar-refractivity contribution < 1.29 is 4.84 Å². The number of hydrogen-bond donors (Lipinski definition) is 2. The summed E-state index contributed by atoms with van der Waals surface area (Å²) in [4.78, 5) is 17.2. The van der Waals surface area contributed by atoms with E-state index in [4.69, 9.17) is 4.84 Å². The lowest BCUT2D eigenvalue weighted by Gasteiger charge is -2.20. The Bertz CT molecular complexity index is 1120. The van der Waals surface area contributed by atoms with Crippen LogP contribution in [0.2, 0.25) is 0 Å². The molecular weight excluding hydrogens is 404 g/mol. The second kappa shape index (κ2) is 7.01. The van der Waals surface area contributed by atoms with Gasteiger partial charge in [-0.25, -0.2) is 9.97 Å². The van der Waals surface area contributed by atoms with Gasteiger partial charge in [0.05, 0.1) is 18.3 Å². The number of rotatable bonds is 4. The van der Waals surface area contributed by atoms with Crippen molar-refractivity contribution in [2.45, 2.75) is 37.3 Å². The Kier molecular flexibility index (Phi) is 3.97. The van der Waals surface area contributed by atoms with Crippen LogP contribution in [0.3, 0.4) is 0 Å². The van der Waals surface area contributed by atoms with Gasteiger partial charge in [-0.3, -0.25) is 0 Å². The van der Waals surface area contributed by atoms with Crippen molar-refractivity contribution in [2.75, 3.05) is 18.4 Å². The van der Waals surface area contributed by atoms with Crippen molar-refractivity contribution in [2.24, 2.45) is 17.0 Å². The van der Waals surface area contributed by atoms with Gasteiger partial charge in [-0.05, 0) is 35.8 Å². The Morgan fingerprint density at radius 1 is 0.969 bits per heavy atom. The zero-order chi connectivity index (χ0) is 21.1. The summed E-state index contributed by atoms with van der Waals surface area (Å²) in [5, 5.41) is 18.8. The molecule has 1 aromatic carbocycles. The van der Waals surface area contributed by atoms with Crippen LogP contribution in [0.4, 0.5) is 5.95 Å². The third-order valence-corrected chi connectivity index (χ3v) is 7.42. The Morgan fingerprint density at radius 2 is 1.72 bits per heavy atom. The number of anilines is 1. The van der Waals surface area contributed by atoms with Gasteiger partial charge in [0.15, 0.2) is 6.10 Å². The maximum absolute atomic E-state index is 5.75. The van der Waals surface area contributed by atoms with Crippen LogP contribution in [0, 0.1) is 11.8 Å². The molecule has 0 spiro atoms. The summed E-state index contributed by atoms with van der Waals surface area (Å²) in [6, 6.07) is 8.96. The normalized spacial score (nSPS) is 28.2. The highest BCUT2D eigenvalue weighted by Crippen LogP contribution is 2.57. The van der Waals surface area contributed by atoms with E-state index in [9.17, 15) is 0 Å². The van der Waals surface area contributed by atoms with Crippen LogP contribution in [0.5, 0.6) is 0 Å². The van der Waals surface area contributed by atoms with E-state index in [1.807, 2.05) is 18.6 Å². The van der Waals surface area contributed by atoms with E-state index in [1.165, 1.54) is 11.1 Å². The van der Waals surface area contributed by atoms with Crippen LogP contribution in [-0.2, 0) is 17.7 Å². The van der Waals surface area contributed by atoms with Crippen molar-refractivity contribution in [3.63, 3.8) is 0 Å². The summed E-state index contributed by atoms with van der Waals surface area (Å²) >= 11 is 0. The first-order valence-electron chi connectivity index (χ1n) is 11.3. The number of benzene rings is 1. The highest BCUT2D eigenvalue weighted by molar-refractivity contribution is 5.84. The third-order valence-electron chi connectivity index (χ3n) is 7.42. The van der Waals surface area contributed by atoms with Crippen molar-refractivity contribution in [3.05, 3.63) is 65.2 Å². The number of oxime groups is 1. The molecule has 0 amide bonds. The smallest absolute Gasteiger partial charge is 0.222 e. The minimum absolute atomic E-state index is 0.113. The van der Waals surface area contributed by atoms with Crippen LogP contribution in [0.1, 0.15) is 40.8 Å². The second-order valence-electron chi connectivity index (χ2n) is 9.32. The number of aromatic nitrogens is 5. The molecule has 0 bridgehead atoms. The van der Waals surface area contributed by atoms with Crippen molar-refractivity contribution in [1.29, 1.82) is 0 Å². The van der Waals surface area contributed by atoms with E-state index in [1.54, 1.807) is 0 Å².